The zero-order valence-corrected chi connectivity index (χ0v) is 29.1. The van der Waals surface area contributed by atoms with E-state index in [9.17, 15) is 27.6 Å². The number of piperidine rings is 1. The van der Waals surface area contributed by atoms with Crippen LogP contribution in [0.5, 0.6) is 0 Å². The molecule has 15 heteroatoms. The van der Waals surface area contributed by atoms with Gasteiger partial charge in [0.1, 0.15) is 23.7 Å². The van der Waals surface area contributed by atoms with Crippen LogP contribution in [0.3, 0.4) is 0 Å². The van der Waals surface area contributed by atoms with Crippen LogP contribution >= 0.6 is 0 Å². The van der Waals surface area contributed by atoms with Gasteiger partial charge in [-0.2, -0.15) is 0 Å². The van der Waals surface area contributed by atoms with Crippen LogP contribution in [0.1, 0.15) is 94.2 Å². The van der Waals surface area contributed by atoms with Crippen LogP contribution in [0.15, 0.2) is 28.7 Å². The third kappa shape index (κ3) is 10.0. The van der Waals surface area contributed by atoms with Gasteiger partial charge in [-0.1, -0.05) is 37.8 Å². The smallest absolute Gasteiger partial charge is 0.410 e. The number of para-hydroxylation sites is 2. The lowest BCUT2D eigenvalue weighted by atomic mass is 9.98. The van der Waals surface area contributed by atoms with Gasteiger partial charge in [-0.3, -0.25) is 14.4 Å². The highest BCUT2D eigenvalue weighted by Crippen LogP contribution is 2.30. The number of amides is 3. The number of fused-ring (bicyclic) bond motifs is 1. The molecule has 0 spiro atoms. The van der Waals surface area contributed by atoms with Gasteiger partial charge >= 0.3 is 6.09 Å². The number of likely N-dealkylation sites (tertiary alicyclic amines) is 2. The topological polar surface area (TPSA) is 194 Å². The van der Waals surface area contributed by atoms with Crippen LogP contribution in [0.4, 0.5) is 4.79 Å². The van der Waals surface area contributed by atoms with E-state index in [0.29, 0.717) is 55.9 Å². The quantitative estimate of drug-likeness (QED) is 0.183. The summed E-state index contributed by atoms with van der Waals surface area (Å²) in [5.74, 6) is -1.43. The molecule has 5 rings (SSSR count). The second-order valence-corrected chi connectivity index (χ2v) is 15.4. The summed E-state index contributed by atoms with van der Waals surface area (Å²) in [7, 11) is -3.78. The molecule has 4 atom stereocenters. The van der Waals surface area contributed by atoms with Gasteiger partial charge in [0.2, 0.25) is 27.6 Å². The van der Waals surface area contributed by atoms with Crippen molar-refractivity contribution < 1.29 is 36.7 Å². The Labute approximate surface area is 287 Å². The highest BCUT2D eigenvalue weighted by molar-refractivity contribution is 7.88. The lowest BCUT2D eigenvalue weighted by Gasteiger charge is -2.29. The second-order valence-electron chi connectivity index (χ2n) is 13.7. The van der Waals surface area contributed by atoms with E-state index in [-0.39, 0.29) is 31.7 Å². The SMILES string of the molecule is CS(=O)(=O)N[C@H](CCC1CCCC1)C(=O)N1C[C@H](OC(=O)N2CCCCC2)C[C@H]1C(=O)N[C@@H](CCCCN)C(=O)c1nc2ccccc2o1. The summed E-state index contributed by atoms with van der Waals surface area (Å²) < 4.78 is 38.9. The van der Waals surface area contributed by atoms with Crippen molar-refractivity contribution >= 4 is 44.8 Å². The maximum absolute atomic E-state index is 14.2. The predicted octanol–water partition coefficient (Wildman–Crippen LogP) is 3.10. The number of Topliss-reactive ketones (excluding diaryl/α,β-unsaturated/α-hetero) is 1. The largest absolute Gasteiger partial charge is 0.444 e. The first-order valence-corrected chi connectivity index (χ1v) is 19.5. The van der Waals surface area contributed by atoms with E-state index >= 15 is 0 Å². The molecule has 1 aromatic heterocycles. The van der Waals surface area contributed by atoms with Gasteiger partial charge in [0.25, 0.3) is 5.89 Å². The fourth-order valence-electron chi connectivity index (χ4n) is 7.22. The lowest BCUT2D eigenvalue weighted by molar-refractivity contribution is -0.140. The molecule has 1 aliphatic carbocycles. The molecule has 270 valence electrons. The van der Waals surface area contributed by atoms with E-state index < -0.39 is 57.9 Å². The molecule has 2 aromatic rings. The van der Waals surface area contributed by atoms with Crippen LogP contribution in [0.25, 0.3) is 11.1 Å². The number of sulfonamides is 1. The number of unbranched alkanes of at least 4 members (excludes halogenated alkanes) is 1. The Bertz CT molecular complexity index is 1540. The minimum atomic E-state index is -3.78. The lowest BCUT2D eigenvalue weighted by Crippen LogP contribution is -2.55. The third-order valence-corrected chi connectivity index (χ3v) is 10.5. The van der Waals surface area contributed by atoms with Gasteiger partial charge in [0.15, 0.2) is 5.58 Å². The fraction of sp³-hybridized carbons (Fsp3) is 0.676. The Morgan fingerprint density at radius 2 is 1.76 bits per heavy atom. The van der Waals surface area contributed by atoms with Gasteiger partial charge in [-0.05, 0) is 76.0 Å². The Balaban J connectivity index is 1.37. The standard InChI is InChI=1S/C34H50N6O8S/c1-49(45,46)38-27(17-16-23-11-3-4-12-23)33(43)40-22-24(47-34(44)39-19-9-2-10-20-39)21-28(40)31(42)36-26(14-7-8-18-35)30(41)32-37-25-13-5-6-15-29(25)48-32/h5-6,13,15,23-24,26-28,38H,2-4,7-12,14,16-22,35H2,1H3,(H,36,42)/t24-,26+,27-,28+/m1/s1. The zero-order valence-electron chi connectivity index (χ0n) is 28.3. The normalized spacial score (nSPS) is 21.5. The third-order valence-electron chi connectivity index (χ3n) is 9.81. The molecular formula is C34H50N6O8S. The van der Waals surface area contributed by atoms with Gasteiger partial charge in [-0.25, -0.2) is 22.9 Å². The maximum atomic E-state index is 14.2. The summed E-state index contributed by atoms with van der Waals surface area (Å²) in [4.78, 5) is 62.3. The van der Waals surface area contributed by atoms with Crippen molar-refractivity contribution in [3.8, 4) is 0 Å². The van der Waals surface area contributed by atoms with Crippen LogP contribution in [-0.4, -0.2) is 104 Å². The second kappa shape index (κ2) is 16.9. The Morgan fingerprint density at radius 3 is 2.45 bits per heavy atom. The number of carbonyl (C=O) groups excluding carboxylic acids is 4. The number of oxazole rings is 1. The minimum absolute atomic E-state index is 0.00201. The Morgan fingerprint density at radius 1 is 1.02 bits per heavy atom. The van der Waals surface area contributed by atoms with E-state index in [4.69, 9.17) is 14.9 Å². The number of nitrogens with two attached hydrogens (primary N) is 1. The van der Waals surface area contributed by atoms with Gasteiger partial charge in [-0.15, -0.1) is 0 Å². The number of hydrogen-bond donors (Lipinski definition) is 3. The molecule has 1 saturated carbocycles. The van der Waals surface area contributed by atoms with Gasteiger partial charge < -0.3 is 30.0 Å². The van der Waals surface area contributed by atoms with E-state index in [1.165, 1.54) is 4.90 Å². The average molecular weight is 703 g/mol. The molecule has 2 saturated heterocycles. The molecule has 3 aliphatic rings. The molecule has 3 fully saturated rings. The number of nitrogens with zero attached hydrogens (tertiary/aromatic N) is 3. The van der Waals surface area contributed by atoms with Crippen molar-refractivity contribution in [3.63, 3.8) is 0 Å². The number of carbonyl (C=O) groups is 4. The van der Waals surface area contributed by atoms with Gasteiger partial charge in [0, 0.05) is 19.5 Å². The molecule has 49 heavy (non-hydrogen) atoms. The molecule has 3 heterocycles. The van der Waals surface area contributed by atoms with Crippen LogP contribution in [0, 0.1) is 5.92 Å². The van der Waals surface area contributed by atoms with Crippen molar-refractivity contribution in [1.29, 1.82) is 0 Å². The summed E-state index contributed by atoms with van der Waals surface area (Å²) in [6.07, 6.45) is 9.10. The average Bonchev–Trinajstić information content (AvgIpc) is 3.86. The van der Waals surface area contributed by atoms with Crippen LogP contribution < -0.4 is 15.8 Å². The Kier molecular flexibility index (Phi) is 12.7. The van der Waals surface area contributed by atoms with E-state index in [1.54, 1.807) is 29.2 Å². The van der Waals surface area contributed by atoms with Crippen molar-refractivity contribution in [3.05, 3.63) is 30.2 Å². The summed E-state index contributed by atoms with van der Waals surface area (Å²) in [5, 5.41) is 2.83. The predicted molar refractivity (Wildman–Crippen MR) is 182 cm³/mol. The number of ketones is 1. The molecule has 1 aromatic carbocycles. The highest BCUT2D eigenvalue weighted by Gasteiger charge is 2.45. The molecule has 4 N–H and O–H groups in total. The first-order chi connectivity index (χ1) is 23.5. The molecule has 14 nitrogen and oxygen atoms in total. The monoisotopic (exact) mass is 702 g/mol. The summed E-state index contributed by atoms with van der Waals surface area (Å²) in [6.45, 7) is 1.46. The number of benzene rings is 1. The highest BCUT2D eigenvalue weighted by atomic mass is 32.2. The first-order valence-electron chi connectivity index (χ1n) is 17.7. The number of aromatic nitrogens is 1. The number of ether oxygens (including phenoxy) is 1. The molecule has 0 radical (unpaired) electrons. The molecule has 2 aliphatic heterocycles. The summed E-state index contributed by atoms with van der Waals surface area (Å²) in [5.41, 5.74) is 6.65. The first kappa shape index (κ1) is 36.7. The van der Waals surface area contributed by atoms with Crippen molar-refractivity contribution in [2.45, 2.75) is 108 Å². The van der Waals surface area contributed by atoms with Gasteiger partial charge in [0.05, 0.1) is 18.8 Å². The zero-order chi connectivity index (χ0) is 35.0. The summed E-state index contributed by atoms with van der Waals surface area (Å²) >= 11 is 0. The molecule has 0 bridgehead atoms. The molecular weight excluding hydrogens is 652 g/mol. The van der Waals surface area contributed by atoms with Crippen molar-refractivity contribution in [2.75, 3.05) is 32.4 Å². The van der Waals surface area contributed by atoms with Crippen LogP contribution in [0.2, 0.25) is 0 Å². The van der Waals surface area contributed by atoms with E-state index in [0.717, 1.165) is 51.2 Å². The van der Waals surface area contributed by atoms with E-state index in [1.807, 2.05) is 0 Å². The maximum Gasteiger partial charge on any atom is 0.410 e. The number of rotatable bonds is 15. The van der Waals surface area contributed by atoms with Crippen LogP contribution in [-0.2, 0) is 24.3 Å². The molecule has 3 amide bonds. The van der Waals surface area contributed by atoms with Crippen molar-refractivity contribution in [1.82, 2.24) is 24.8 Å². The minimum Gasteiger partial charge on any atom is -0.444 e. The Hall–Kier alpha value is -3.56. The summed E-state index contributed by atoms with van der Waals surface area (Å²) in [6, 6.07) is 3.73. The molecule has 0 unspecified atom stereocenters. The van der Waals surface area contributed by atoms with Crippen molar-refractivity contribution in [2.24, 2.45) is 11.7 Å². The number of nitrogens with one attached hydrogen (secondary N) is 2. The fourth-order valence-corrected chi connectivity index (χ4v) is 7.95. The van der Waals surface area contributed by atoms with E-state index in [2.05, 4.69) is 15.0 Å². The number of hydrogen-bond acceptors (Lipinski definition) is 10.